The van der Waals surface area contributed by atoms with E-state index in [2.05, 4.69) is 15.2 Å². The third kappa shape index (κ3) is 4.53. The second-order valence-corrected chi connectivity index (χ2v) is 8.58. The van der Waals surface area contributed by atoms with Gasteiger partial charge in [-0.25, -0.2) is 9.78 Å². The minimum absolute atomic E-state index is 0.240. The molecule has 1 aromatic heterocycles. The number of carbonyl (C=O) groups excluding carboxylic acids is 1. The highest BCUT2D eigenvalue weighted by atomic mass is 32.1. The standard InChI is InChI=1S/C20H26N4O6S/c1-29-15-3-2-13(23-8-10-30-11-9-23)17-16(15)22-19(31-17)18(26)21-12-4-6-24(20(27)28)7-5-14(12)25/h2-3,12,14,25H,4-11H2,1H3,(H,21,26)(H,27,28). The SMILES string of the molecule is COc1ccc(N2CCOCC2)c2sc(C(=O)NC3CCN(C(=O)O)CCC3O)nc12. The van der Waals surface area contributed by atoms with E-state index in [-0.39, 0.29) is 30.4 Å². The maximum absolute atomic E-state index is 13.0. The lowest BCUT2D eigenvalue weighted by atomic mass is 10.1. The Morgan fingerprint density at radius 2 is 1.97 bits per heavy atom. The molecule has 1 aromatic carbocycles. The van der Waals surface area contributed by atoms with Gasteiger partial charge in [0.1, 0.15) is 11.3 Å². The molecule has 3 N–H and O–H groups in total. The van der Waals surface area contributed by atoms with Gasteiger partial charge in [0, 0.05) is 26.2 Å². The number of nitrogens with one attached hydrogen (secondary N) is 1. The summed E-state index contributed by atoms with van der Waals surface area (Å²) in [6.45, 7) is 3.31. The number of amides is 2. The molecule has 31 heavy (non-hydrogen) atoms. The smallest absolute Gasteiger partial charge is 0.407 e. The molecule has 2 aromatic rings. The second-order valence-electron chi connectivity index (χ2n) is 7.58. The number of nitrogens with zero attached hydrogens (tertiary/aromatic N) is 3. The van der Waals surface area contributed by atoms with Gasteiger partial charge in [-0.15, -0.1) is 11.3 Å². The fourth-order valence-electron chi connectivity index (χ4n) is 3.96. The molecular formula is C20H26N4O6S. The van der Waals surface area contributed by atoms with E-state index in [1.807, 2.05) is 12.1 Å². The Kier molecular flexibility index (Phi) is 6.44. The number of ether oxygens (including phenoxy) is 2. The lowest BCUT2D eigenvalue weighted by Gasteiger charge is -2.29. The van der Waals surface area contributed by atoms with Crippen LogP contribution in [0.1, 0.15) is 22.6 Å². The number of aromatic nitrogens is 1. The van der Waals surface area contributed by atoms with Gasteiger partial charge < -0.3 is 34.8 Å². The van der Waals surface area contributed by atoms with Crippen LogP contribution in [0.15, 0.2) is 12.1 Å². The van der Waals surface area contributed by atoms with Crippen LogP contribution in [0.5, 0.6) is 5.75 Å². The molecule has 2 atom stereocenters. The Hall–Kier alpha value is -2.63. The van der Waals surface area contributed by atoms with Gasteiger partial charge in [-0.3, -0.25) is 4.79 Å². The molecule has 0 aliphatic carbocycles. The Bertz CT molecular complexity index is 961. The highest BCUT2D eigenvalue weighted by Gasteiger charge is 2.29. The zero-order chi connectivity index (χ0) is 22.0. The highest BCUT2D eigenvalue weighted by Crippen LogP contribution is 2.38. The summed E-state index contributed by atoms with van der Waals surface area (Å²) in [6, 6.07) is 3.29. The Morgan fingerprint density at radius 1 is 1.23 bits per heavy atom. The number of aliphatic hydroxyl groups excluding tert-OH is 1. The third-order valence-corrected chi connectivity index (χ3v) is 6.78. The van der Waals surface area contributed by atoms with E-state index in [4.69, 9.17) is 9.47 Å². The fraction of sp³-hybridized carbons (Fsp3) is 0.550. The lowest BCUT2D eigenvalue weighted by molar-refractivity contribution is 0.0825. The minimum Gasteiger partial charge on any atom is -0.494 e. The van der Waals surface area contributed by atoms with Crippen LogP contribution in [0, 0.1) is 0 Å². The summed E-state index contributed by atoms with van der Waals surface area (Å²) < 4.78 is 11.8. The van der Waals surface area contributed by atoms with Gasteiger partial charge >= 0.3 is 6.09 Å². The first-order chi connectivity index (χ1) is 15.0. The van der Waals surface area contributed by atoms with Crippen molar-refractivity contribution < 1.29 is 29.3 Å². The number of methoxy groups -OCH3 is 1. The van der Waals surface area contributed by atoms with Gasteiger partial charge in [-0.2, -0.15) is 0 Å². The zero-order valence-corrected chi connectivity index (χ0v) is 18.1. The number of carboxylic acid groups (broad SMARTS) is 1. The molecule has 0 saturated carbocycles. The molecule has 2 aliphatic rings. The summed E-state index contributed by atoms with van der Waals surface area (Å²) in [6.07, 6.45) is -1.23. The Balaban J connectivity index is 1.57. The van der Waals surface area contributed by atoms with Gasteiger partial charge in [0.2, 0.25) is 0 Å². The lowest BCUT2D eigenvalue weighted by Crippen LogP contribution is -2.43. The predicted molar refractivity (Wildman–Crippen MR) is 115 cm³/mol. The number of rotatable bonds is 4. The number of aliphatic hydroxyl groups is 1. The van der Waals surface area contributed by atoms with Crippen molar-refractivity contribution in [3.8, 4) is 5.75 Å². The number of benzene rings is 1. The van der Waals surface area contributed by atoms with Gasteiger partial charge in [0.05, 0.1) is 42.9 Å². The van der Waals surface area contributed by atoms with Crippen molar-refractivity contribution in [3.63, 3.8) is 0 Å². The number of anilines is 1. The van der Waals surface area contributed by atoms with Gasteiger partial charge in [-0.05, 0) is 25.0 Å². The van der Waals surface area contributed by atoms with E-state index in [0.29, 0.717) is 30.9 Å². The van der Waals surface area contributed by atoms with Crippen molar-refractivity contribution >= 4 is 39.2 Å². The summed E-state index contributed by atoms with van der Waals surface area (Å²) in [5.74, 6) is 0.206. The molecular weight excluding hydrogens is 424 g/mol. The zero-order valence-electron chi connectivity index (χ0n) is 17.2. The van der Waals surface area contributed by atoms with E-state index in [1.165, 1.54) is 16.2 Å². The van der Waals surface area contributed by atoms with E-state index >= 15 is 0 Å². The van der Waals surface area contributed by atoms with E-state index in [0.717, 1.165) is 23.5 Å². The fourth-order valence-corrected chi connectivity index (χ4v) is 4.99. The summed E-state index contributed by atoms with van der Waals surface area (Å²) in [5.41, 5.74) is 1.61. The second kappa shape index (κ2) is 9.25. The molecule has 11 heteroatoms. The van der Waals surface area contributed by atoms with Crippen LogP contribution in [0.3, 0.4) is 0 Å². The molecule has 4 rings (SSSR count). The monoisotopic (exact) mass is 450 g/mol. The normalized spacial score (nSPS) is 22.3. The van der Waals surface area contributed by atoms with Crippen molar-refractivity contribution in [2.75, 3.05) is 51.4 Å². The van der Waals surface area contributed by atoms with E-state index in [1.54, 1.807) is 7.11 Å². The molecule has 2 fully saturated rings. The van der Waals surface area contributed by atoms with Crippen LogP contribution in [-0.2, 0) is 4.74 Å². The van der Waals surface area contributed by atoms with Crippen LogP contribution in [-0.4, -0.2) is 90.7 Å². The number of likely N-dealkylation sites (tertiary alicyclic amines) is 1. The molecule has 0 bridgehead atoms. The summed E-state index contributed by atoms with van der Waals surface area (Å²) >= 11 is 1.28. The minimum atomic E-state index is -1.02. The molecule has 3 heterocycles. The molecule has 2 unspecified atom stereocenters. The first-order valence-corrected chi connectivity index (χ1v) is 11.1. The van der Waals surface area contributed by atoms with Crippen LogP contribution in [0.4, 0.5) is 10.5 Å². The number of carbonyl (C=O) groups is 2. The number of hydrogen-bond acceptors (Lipinski definition) is 8. The molecule has 0 radical (unpaired) electrons. The van der Waals surface area contributed by atoms with Crippen LogP contribution < -0.4 is 15.0 Å². The van der Waals surface area contributed by atoms with E-state index in [9.17, 15) is 19.8 Å². The average Bonchev–Trinajstić information content (AvgIpc) is 3.15. The number of fused-ring (bicyclic) bond motifs is 1. The molecule has 0 spiro atoms. The van der Waals surface area contributed by atoms with Gasteiger partial charge in [0.15, 0.2) is 5.01 Å². The van der Waals surface area contributed by atoms with Crippen molar-refractivity contribution in [1.29, 1.82) is 0 Å². The first kappa shape index (κ1) is 21.6. The Labute approximate surface area is 183 Å². The van der Waals surface area contributed by atoms with Crippen molar-refractivity contribution in [3.05, 3.63) is 17.1 Å². The first-order valence-electron chi connectivity index (χ1n) is 10.2. The average molecular weight is 451 g/mol. The quantitative estimate of drug-likeness (QED) is 0.638. The molecule has 2 saturated heterocycles. The van der Waals surface area contributed by atoms with Crippen molar-refractivity contribution in [2.24, 2.45) is 0 Å². The maximum Gasteiger partial charge on any atom is 0.407 e. The molecule has 2 aliphatic heterocycles. The highest BCUT2D eigenvalue weighted by molar-refractivity contribution is 7.21. The van der Waals surface area contributed by atoms with Crippen molar-refractivity contribution in [2.45, 2.75) is 25.0 Å². The van der Waals surface area contributed by atoms with Gasteiger partial charge in [0.25, 0.3) is 5.91 Å². The number of morpholine rings is 1. The summed E-state index contributed by atoms with van der Waals surface area (Å²) in [5, 5.41) is 22.7. The van der Waals surface area contributed by atoms with Crippen LogP contribution >= 0.6 is 11.3 Å². The van der Waals surface area contributed by atoms with Crippen molar-refractivity contribution in [1.82, 2.24) is 15.2 Å². The maximum atomic E-state index is 13.0. The predicted octanol–water partition coefficient (Wildman–Crippen LogP) is 1.37. The molecule has 2 amide bonds. The molecule has 168 valence electrons. The van der Waals surface area contributed by atoms with Gasteiger partial charge in [-0.1, -0.05) is 0 Å². The van der Waals surface area contributed by atoms with Crippen LogP contribution in [0.2, 0.25) is 0 Å². The van der Waals surface area contributed by atoms with Crippen LogP contribution in [0.25, 0.3) is 10.2 Å². The topological polar surface area (TPSA) is 124 Å². The van der Waals surface area contributed by atoms with E-state index < -0.39 is 18.2 Å². The largest absolute Gasteiger partial charge is 0.494 e. The number of thiazole rings is 1. The third-order valence-electron chi connectivity index (χ3n) is 5.71. The number of hydrogen-bond donors (Lipinski definition) is 3. The Morgan fingerprint density at radius 3 is 2.68 bits per heavy atom. The molecule has 10 nitrogen and oxygen atoms in total. The summed E-state index contributed by atoms with van der Waals surface area (Å²) in [7, 11) is 1.57. The summed E-state index contributed by atoms with van der Waals surface area (Å²) in [4.78, 5) is 32.2.